The molecule has 0 fully saturated rings. The predicted octanol–water partition coefficient (Wildman–Crippen LogP) is -1.76. The van der Waals surface area contributed by atoms with Gasteiger partial charge in [0.2, 0.25) is 0 Å². The van der Waals surface area contributed by atoms with Crippen LogP contribution in [0.15, 0.2) is 0 Å². The molecule has 0 radical (unpaired) electrons. The summed E-state index contributed by atoms with van der Waals surface area (Å²) in [6, 6.07) is 0. The maximum absolute atomic E-state index is 5.87. The number of halogens is 3. The van der Waals surface area contributed by atoms with E-state index in [0.29, 0.717) is 0 Å². The van der Waals surface area contributed by atoms with Crippen LogP contribution in [0.5, 0.6) is 0 Å². The minimum atomic E-state index is -0.149. The summed E-state index contributed by atoms with van der Waals surface area (Å²) in [7, 11) is 3.01. The number of fused-ring (bicyclic) bond motifs is 1. The lowest BCUT2D eigenvalue weighted by Gasteiger charge is -1.90. The molecule has 60 valence electrons. The molecule has 6 heteroatoms. The average molecular weight is 247 g/mol. The van der Waals surface area contributed by atoms with E-state index < -0.39 is 0 Å². The van der Waals surface area contributed by atoms with Crippen molar-refractivity contribution >= 4 is 55.2 Å². The van der Waals surface area contributed by atoms with Gasteiger partial charge in [0, 0.05) is 4.37 Å². The second-order valence-electron chi connectivity index (χ2n) is 1.88. The van der Waals surface area contributed by atoms with E-state index in [1.54, 1.807) is 10.3 Å². The normalized spacial score (nSPS) is 20.5. The molecule has 1 aromatic rings. The zero-order chi connectivity index (χ0) is 7.14. The standard InChI is InChI=1S/C5H2Cl2NS2.ClH/c6-2-1-3-5(4(2)7)9-10-8-3;/h1-2H;1H/q+1;/p-1. The first kappa shape index (κ1) is 9.68. The minimum absolute atomic E-state index is 0. The number of nitrogens with zero attached hydrogens (tertiary/aromatic N) is 1. The Balaban J connectivity index is 0.000000605. The molecule has 1 aliphatic rings. The molecule has 1 heterocycles. The first-order valence-electron chi connectivity index (χ1n) is 2.59. The summed E-state index contributed by atoms with van der Waals surface area (Å²) >= 11 is 11.7. The van der Waals surface area contributed by atoms with Crippen LogP contribution in [0.3, 0.4) is 0 Å². The topological polar surface area (TPSA) is 12.9 Å². The van der Waals surface area contributed by atoms with Crippen molar-refractivity contribution in [2.75, 3.05) is 0 Å². The number of rotatable bonds is 0. The lowest BCUT2D eigenvalue weighted by Crippen LogP contribution is -3.00. The summed E-state index contributed by atoms with van der Waals surface area (Å²) in [6.45, 7) is 0. The molecule has 1 unspecified atom stereocenters. The van der Waals surface area contributed by atoms with Crippen molar-refractivity contribution in [3.05, 3.63) is 9.88 Å². The number of aromatic nitrogens is 1. The molecule has 0 bridgehead atoms. The van der Waals surface area contributed by atoms with Crippen molar-refractivity contribution in [2.24, 2.45) is 0 Å². The van der Waals surface area contributed by atoms with Gasteiger partial charge in [-0.05, 0) is 6.08 Å². The molecule has 0 saturated carbocycles. The lowest BCUT2D eigenvalue weighted by atomic mass is 10.5. The first-order chi connectivity index (χ1) is 4.79. The van der Waals surface area contributed by atoms with Crippen LogP contribution in [-0.4, -0.2) is 9.75 Å². The Morgan fingerprint density at radius 3 is 3.00 bits per heavy atom. The van der Waals surface area contributed by atoms with E-state index in [4.69, 9.17) is 23.2 Å². The maximum Gasteiger partial charge on any atom is 0.440 e. The van der Waals surface area contributed by atoms with E-state index in [1.807, 2.05) is 6.08 Å². The summed E-state index contributed by atoms with van der Waals surface area (Å²) in [5.74, 6) is 0. The van der Waals surface area contributed by atoms with Crippen LogP contribution in [0.2, 0.25) is 0 Å². The minimum Gasteiger partial charge on any atom is -1.00 e. The second kappa shape index (κ2) is 3.54. The van der Waals surface area contributed by atoms with Gasteiger partial charge in [-0.3, -0.25) is 0 Å². The molecule has 1 aromatic heterocycles. The summed E-state index contributed by atoms with van der Waals surface area (Å²) in [6.07, 6.45) is 1.87. The van der Waals surface area contributed by atoms with Crippen LogP contribution in [0.1, 0.15) is 0 Å². The molecule has 0 amide bonds. The van der Waals surface area contributed by atoms with Crippen molar-refractivity contribution in [1.29, 1.82) is 0 Å². The molecule has 1 nitrogen and oxygen atoms in total. The Hall–Kier alpha value is 0.590. The van der Waals surface area contributed by atoms with Gasteiger partial charge < -0.3 is 12.4 Å². The number of hydrogen-bond acceptors (Lipinski definition) is 2. The van der Waals surface area contributed by atoms with E-state index in [2.05, 4.69) is 4.37 Å². The fourth-order valence-electron chi connectivity index (χ4n) is 0.785. The van der Waals surface area contributed by atoms with Crippen LogP contribution < -0.4 is 22.3 Å². The van der Waals surface area contributed by atoms with Crippen molar-refractivity contribution in [3.8, 4) is 0 Å². The fourth-order valence-corrected chi connectivity index (χ4v) is 3.40. The molecular weight excluding hydrogens is 245 g/mol. The zero-order valence-electron chi connectivity index (χ0n) is 5.05. The molecule has 0 aromatic carbocycles. The Morgan fingerprint density at radius 2 is 2.36 bits per heavy atom. The van der Waals surface area contributed by atoms with E-state index in [-0.39, 0.29) is 17.8 Å². The molecular formula is C5H2Cl3NS2. The highest BCUT2D eigenvalue weighted by Gasteiger charge is 2.19. The van der Waals surface area contributed by atoms with Gasteiger partial charge in [0.15, 0.2) is 10.3 Å². The molecule has 0 saturated heterocycles. The zero-order valence-corrected chi connectivity index (χ0v) is 8.95. The van der Waals surface area contributed by atoms with Gasteiger partial charge in [-0.2, -0.15) is 0 Å². The van der Waals surface area contributed by atoms with Crippen molar-refractivity contribution in [2.45, 2.75) is 5.38 Å². The van der Waals surface area contributed by atoms with Gasteiger partial charge in [0.1, 0.15) is 9.88 Å². The third-order valence-electron chi connectivity index (χ3n) is 1.25. The third kappa shape index (κ3) is 1.53. The SMILES string of the molecule is ClC1=c2s[s+]nc2=CC1Cl.[Cl-]. The van der Waals surface area contributed by atoms with Crippen LogP contribution in [0, 0.1) is 0 Å². The monoisotopic (exact) mass is 245 g/mol. The molecule has 0 N–H and O–H groups in total. The number of hydrogen-bond donors (Lipinski definition) is 0. The van der Waals surface area contributed by atoms with Gasteiger partial charge in [-0.1, -0.05) is 11.6 Å². The largest absolute Gasteiger partial charge is 1.00 e. The third-order valence-corrected chi connectivity index (χ3v) is 4.13. The molecule has 1 atom stereocenters. The first-order valence-corrected chi connectivity index (χ1v) is 5.52. The van der Waals surface area contributed by atoms with Gasteiger partial charge in [-0.15, -0.1) is 11.6 Å². The Kier molecular flexibility index (Phi) is 3.11. The summed E-state index contributed by atoms with van der Waals surface area (Å²) in [4.78, 5) is 0. The van der Waals surface area contributed by atoms with Crippen molar-refractivity contribution < 1.29 is 12.4 Å². The van der Waals surface area contributed by atoms with Crippen LogP contribution in [0.4, 0.5) is 0 Å². The van der Waals surface area contributed by atoms with Gasteiger partial charge in [-0.25, -0.2) is 0 Å². The van der Waals surface area contributed by atoms with Crippen LogP contribution in [-0.2, 0) is 0 Å². The average Bonchev–Trinajstić information content (AvgIpc) is 2.41. The Morgan fingerprint density at radius 1 is 1.64 bits per heavy atom. The highest BCUT2D eigenvalue weighted by atomic mass is 35.5. The Bertz CT molecular complexity index is 371. The van der Waals surface area contributed by atoms with Gasteiger partial charge in [0.25, 0.3) is 0 Å². The molecule has 0 aliphatic heterocycles. The van der Waals surface area contributed by atoms with Gasteiger partial charge in [0.05, 0.1) is 10.4 Å². The van der Waals surface area contributed by atoms with E-state index in [1.165, 1.54) is 10.5 Å². The summed E-state index contributed by atoms with van der Waals surface area (Å²) < 4.78 is 5.15. The van der Waals surface area contributed by atoms with Crippen LogP contribution >= 0.6 is 44.1 Å². The lowest BCUT2D eigenvalue weighted by molar-refractivity contribution is -0.00000170. The van der Waals surface area contributed by atoms with E-state index in [9.17, 15) is 0 Å². The van der Waals surface area contributed by atoms with Crippen LogP contribution in [0.25, 0.3) is 11.1 Å². The molecule has 11 heavy (non-hydrogen) atoms. The summed E-state index contributed by atoms with van der Waals surface area (Å²) in [5.41, 5.74) is 0. The smallest absolute Gasteiger partial charge is 0.440 e. The highest BCUT2D eigenvalue weighted by molar-refractivity contribution is 7.66. The summed E-state index contributed by atoms with van der Waals surface area (Å²) in [5, 5.41) is 1.51. The number of alkyl halides is 1. The quantitative estimate of drug-likeness (QED) is 0.300. The molecule has 2 rings (SSSR count). The van der Waals surface area contributed by atoms with Crippen molar-refractivity contribution in [3.63, 3.8) is 0 Å². The second-order valence-corrected chi connectivity index (χ2v) is 4.61. The highest BCUT2D eigenvalue weighted by Crippen LogP contribution is 2.18. The van der Waals surface area contributed by atoms with E-state index >= 15 is 0 Å². The van der Waals surface area contributed by atoms with Crippen molar-refractivity contribution in [1.82, 2.24) is 4.37 Å². The van der Waals surface area contributed by atoms with E-state index in [0.717, 1.165) is 14.9 Å². The fraction of sp³-hybridized carbons (Fsp3) is 0.200. The van der Waals surface area contributed by atoms with Gasteiger partial charge >= 0.3 is 10.5 Å². The Labute approximate surface area is 86.9 Å². The molecule has 1 aliphatic carbocycles. The maximum atomic E-state index is 5.87. The predicted molar refractivity (Wildman–Crippen MR) is 47.0 cm³/mol. The molecule has 0 spiro atoms.